The molecule has 0 saturated carbocycles. The van der Waals surface area contributed by atoms with Gasteiger partial charge in [-0.3, -0.25) is 0 Å². The molecule has 2 unspecified atom stereocenters. The lowest BCUT2D eigenvalue weighted by molar-refractivity contribution is 0.103. The van der Waals surface area contributed by atoms with Gasteiger partial charge in [-0.2, -0.15) is 0 Å². The average Bonchev–Trinajstić information content (AvgIpc) is 2.42. The van der Waals surface area contributed by atoms with Gasteiger partial charge in [-0.15, -0.1) is 0 Å². The van der Waals surface area contributed by atoms with Crippen molar-refractivity contribution in [2.24, 2.45) is 5.92 Å². The highest BCUT2D eigenvalue weighted by atomic mass is 16.5. The van der Waals surface area contributed by atoms with E-state index in [-0.39, 0.29) is 6.10 Å². The van der Waals surface area contributed by atoms with Gasteiger partial charge in [0.15, 0.2) is 0 Å². The van der Waals surface area contributed by atoms with Gasteiger partial charge < -0.3 is 14.2 Å². The van der Waals surface area contributed by atoms with Crippen LogP contribution in [-0.2, 0) is 14.2 Å². The minimum atomic E-state index is 0.272. The number of hydrogen-bond donors (Lipinski definition) is 0. The third-order valence-corrected chi connectivity index (χ3v) is 3.24. The Hall–Kier alpha value is -1.06. The molecule has 0 fully saturated rings. The highest BCUT2D eigenvalue weighted by molar-refractivity contribution is 5.31. The molecule has 0 radical (unpaired) electrons. The summed E-state index contributed by atoms with van der Waals surface area (Å²) >= 11 is 0. The van der Waals surface area contributed by atoms with E-state index in [4.69, 9.17) is 14.2 Å². The number of allylic oxidation sites excluding steroid dienone is 3. The molecule has 20 heavy (non-hydrogen) atoms. The molecule has 0 N–H and O–H groups in total. The summed E-state index contributed by atoms with van der Waals surface area (Å²) in [5.74, 6) is 1.16. The number of rotatable bonds is 11. The summed E-state index contributed by atoms with van der Waals surface area (Å²) < 4.78 is 16.0. The van der Waals surface area contributed by atoms with Gasteiger partial charge in [0, 0.05) is 14.2 Å². The molecule has 116 valence electrons. The van der Waals surface area contributed by atoms with E-state index in [9.17, 15) is 0 Å². The third kappa shape index (κ3) is 8.18. The van der Waals surface area contributed by atoms with Crippen LogP contribution in [0.2, 0.25) is 0 Å². The van der Waals surface area contributed by atoms with Crippen LogP contribution in [0.4, 0.5) is 0 Å². The van der Waals surface area contributed by atoms with E-state index in [1.54, 1.807) is 14.2 Å². The predicted molar refractivity (Wildman–Crippen MR) is 84.7 cm³/mol. The van der Waals surface area contributed by atoms with Crippen molar-refractivity contribution in [1.29, 1.82) is 0 Å². The quantitative estimate of drug-likeness (QED) is 0.324. The smallest absolute Gasteiger partial charge is 0.122 e. The van der Waals surface area contributed by atoms with Crippen LogP contribution in [0.15, 0.2) is 36.1 Å². The fourth-order valence-electron chi connectivity index (χ4n) is 1.71. The van der Waals surface area contributed by atoms with Crippen LogP contribution in [0.5, 0.6) is 0 Å². The molecule has 0 aliphatic carbocycles. The molecular weight excluding hydrogens is 252 g/mol. The molecule has 0 spiro atoms. The van der Waals surface area contributed by atoms with Crippen LogP contribution >= 0.6 is 0 Å². The SMILES string of the molecule is C=C(C)/C=C(/OCCOC)C(=C)C(C)CCC(C)OC. The molecule has 3 nitrogen and oxygen atoms in total. The van der Waals surface area contributed by atoms with Crippen molar-refractivity contribution in [3.05, 3.63) is 36.1 Å². The molecule has 3 heteroatoms. The number of methoxy groups -OCH3 is 2. The monoisotopic (exact) mass is 282 g/mol. The molecule has 0 aromatic carbocycles. The Bertz CT molecular complexity index is 331. The molecule has 0 aliphatic heterocycles. The second-order valence-corrected chi connectivity index (χ2v) is 5.25. The summed E-state index contributed by atoms with van der Waals surface area (Å²) in [4.78, 5) is 0. The van der Waals surface area contributed by atoms with Crippen molar-refractivity contribution >= 4 is 0 Å². The first-order chi connectivity index (χ1) is 9.42. The van der Waals surface area contributed by atoms with Crippen molar-refractivity contribution < 1.29 is 14.2 Å². The van der Waals surface area contributed by atoms with E-state index in [0.29, 0.717) is 19.1 Å². The zero-order valence-electron chi connectivity index (χ0n) is 13.7. The van der Waals surface area contributed by atoms with E-state index in [0.717, 1.165) is 29.7 Å². The summed E-state index contributed by atoms with van der Waals surface area (Å²) in [6.07, 6.45) is 4.24. The van der Waals surface area contributed by atoms with E-state index < -0.39 is 0 Å². The minimum Gasteiger partial charge on any atom is -0.491 e. The predicted octanol–water partition coefficient (Wildman–Crippen LogP) is 4.12. The van der Waals surface area contributed by atoms with Crippen molar-refractivity contribution in [3.8, 4) is 0 Å². The van der Waals surface area contributed by atoms with E-state index >= 15 is 0 Å². The lowest BCUT2D eigenvalue weighted by Crippen LogP contribution is -2.11. The van der Waals surface area contributed by atoms with Crippen molar-refractivity contribution in [2.45, 2.75) is 39.7 Å². The standard InChI is InChI=1S/C17H30O3/c1-13(2)12-17(20-11-10-18-6)16(5)14(3)8-9-15(4)19-7/h12,14-15H,1,5,8-11H2,2-4,6-7H3/b17-12+. The van der Waals surface area contributed by atoms with E-state index in [1.807, 2.05) is 13.0 Å². The molecule has 2 atom stereocenters. The van der Waals surface area contributed by atoms with Gasteiger partial charge >= 0.3 is 0 Å². The zero-order valence-corrected chi connectivity index (χ0v) is 13.7. The maximum Gasteiger partial charge on any atom is 0.122 e. The van der Waals surface area contributed by atoms with Gasteiger partial charge in [-0.05, 0) is 44.3 Å². The maximum absolute atomic E-state index is 5.75. The third-order valence-electron chi connectivity index (χ3n) is 3.24. The molecule has 0 amide bonds. The maximum atomic E-state index is 5.75. The van der Waals surface area contributed by atoms with E-state index in [2.05, 4.69) is 27.0 Å². The Morgan fingerprint density at radius 1 is 1.10 bits per heavy atom. The largest absolute Gasteiger partial charge is 0.491 e. The van der Waals surface area contributed by atoms with Crippen LogP contribution in [0.25, 0.3) is 0 Å². The van der Waals surface area contributed by atoms with Crippen LogP contribution in [-0.4, -0.2) is 33.5 Å². The molecular formula is C17H30O3. The lowest BCUT2D eigenvalue weighted by Gasteiger charge is -2.20. The highest BCUT2D eigenvalue weighted by Gasteiger charge is 2.14. The lowest BCUT2D eigenvalue weighted by atomic mass is 9.94. The zero-order chi connectivity index (χ0) is 15.5. The summed E-state index contributed by atoms with van der Waals surface area (Å²) in [7, 11) is 3.40. The van der Waals surface area contributed by atoms with Crippen LogP contribution in [0, 0.1) is 5.92 Å². The molecule has 0 heterocycles. The van der Waals surface area contributed by atoms with Crippen LogP contribution in [0.1, 0.15) is 33.6 Å². The molecule has 0 rings (SSSR count). The fourth-order valence-corrected chi connectivity index (χ4v) is 1.71. The Kier molecular flexibility index (Phi) is 10.1. The summed E-state index contributed by atoms with van der Waals surface area (Å²) in [6.45, 7) is 15.4. The molecule has 0 aromatic heterocycles. The molecule has 0 aromatic rings. The summed E-state index contributed by atoms with van der Waals surface area (Å²) in [5.41, 5.74) is 1.96. The average molecular weight is 282 g/mol. The molecule has 0 saturated heterocycles. The van der Waals surface area contributed by atoms with Gasteiger partial charge in [-0.25, -0.2) is 0 Å². The van der Waals surface area contributed by atoms with Crippen LogP contribution < -0.4 is 0 Å². The summed E-state index contributed by atoms with van der Waals surface area (Å²) in [5, 5.41) is 0. The van der Waals surface area contributed by atoms with Crippen molar-refractivity contribution in [3.63, 3.8) is 0 Å². The normalized spacial score (nSPS) is 14.8. The van der Waals surface area contributed by atoms with Crippen LogP contribution in [0.3, 0.4) is 0 Å². The van der Waals surface area contributed by atoms with Gasteiger partial charge in [0.05, 0.1) is 12.7 Å². The first-order valence-corrected chi connectivity index (χ1v) is 7.13. The van der Waals surface area contributed by atoms with E-state index in [1.165, 1.54) is 0 Å². The van der Waals surface area contributed by atoms with Gasteiger partial charge in [0.25, 0.3) is 0 Å². The second kappa shape index (κ2) is 10.7. The first-order valence-electron chi connectivity index (χ1n) is 7.13. The number of hydrogen-bond acceptors (Lipinski definition) is 3. The highest BCUT2D eigenvalue weighted by Crippen LogP contribution is 2.25. The Labute approximate surface area is 124 Å². The van der Waals surface area contributed by atoms with Gasteiger partial charge in [-0.1, -0.05) is 25.7 Å². The minimum absolute atomic E-state index is 0.272. The summed E-state index contributed by atoms with van der Waals surface area (Å²) in [6, 6.07) is 0. The molecule has 0 aliphatic rings. The number of ether oxygens (including phenoxy) is 3. The van der Waals surface area contributed by atoms with Crippen molar-refractivity contribution in [2.75, 3.05) is 27.4 Å². The van der Waals surface area contributed by atoms with Crippen molar-refractivity contribution in [1.82, 2.24) is 0 Å². The second-order valence-electron chi connectivity index (χ2n) is 5.25. The topological polar surface area (TPSA) is 27.7 Å². The molecule has 0 bridgehead atoms. The fraction of sp³-hybridized carbons (Fsp3) is 0.647. The Balaban J connectivity index is 4.56. The Morgan fingerprint density at radius 3 is 2.25 bits per heavy atom. The van der Waals surface area contributed by atoms with Gasteiger partial charge in [0.2, 0.25) is 0 Å². The first kappa shape index (κ1) is 18.9. The Morgan fingerprint density at radius 2 is 1.75 bits per heavy atom. The van der Waals surface area contributed by atoms with Gasteiger partial charge in [0.1, 0.15) is 12.4 Å².